The number of anilines is 1. The van der Waals surface area contributed by atoms with E-state index in [0.717, 1.165) is 5.69 Å². The average Bonchev–Trinajstić information content (AvgIpc) is 2.80. The maximum absolute atomic E-state index is 8.85. The van der Waals surface area contributed by atoms with E-state index in [1.54, 1.807) is 12.3 Å². The molecule has 0 aliphatic rings. The summed E-state index contributed by atoms with van der Waals surface area (Å²) in [5, 5.41) is 16.1. The Morgan fingerprint density at radius 2 is 2.33 bits per heavy atom. The van der Waals surface area contributed by atoms with Crippen molar-refractivity contribution in [2.75, 3.05) is 5.32 Å². The van der Waals surface area contributed by atoms with Gasteiger partial charge in [0, 0.05) is 24.1 Å². The van der Waals surface area contributed by atoms with E-state index in [2.05, 4.69) is 20.4 Å². The van der Waals surface area contributed by atoms with Crippen molar-refractivity contribution in [2.45, 2.75) is 26.4 Å². The first kappa shape index (κ1) is 12.0. The molecule has 2 aromatic rings. The van der Waals surface area contributed by atoms with Gasteiger partial charge in [0.15, 0.2) is 0 Å². The van der Waals surface area contributed by atoms with E-state index in [0.29, 0.717) is 18.2 Å². The zero-order valence-electron chi connectivity index (χ0n) is 10.3. The van der Waals surface area contributed by atoms with Gasteiger partial charge in [-0.05, 0) is 26.0 Å². The minimum atomic E-state index is 0.123. The van der Waals surface area contributed by atoms with Gasteiger partial charge in [0.1, 0.15) is 11.8 Å². The average molecular weight is 242 g/mol. The van der Waals surface area contributed by atoms with Gasteiger partial charge in [0.25, 0.3) is 0 Å². The van der Waals surface area contributed by atoms with Crippen LogP contribution >= 0.6 is 0 Å². The van der Waals surface area contributed by atoms with Crippen LogP contribution in [0.5, 0.6) is 0 Å². The monoisotopic (exact) mass is 242 g/mol. The highest BCUT2D eigenvalue weighted by Gasteiger charge is 2.07. The van der Waals surface area contributed by atoms with E-state index in [9.17, 15) is 0 Å². The van der Waals surface area contributed by atoms with E-state index in [1.807, 2.05) is 36.9 Å². The van der Waals surface area contributed by atoms with Crippen LogP contribution in [0.2, 0.25) is 0 Å². The van der Waals surface area contributed by atoms with Crippen molar-refractivity contribution in [2.24, 2.45) is 0 Å². The first-order valence-electron chi connectivity index (χ1n) is 5.67. The highest BCUT2D eigenvalue weighted by molar-refractivity contribution is 5.33. The number of aromatic nitrogens is 4. The standard InChI is InChI=1S/C12H14N6/c1-9-6-11(7-13)17-12(15-9)16-10(2)8-18-5-3-4-14-18/h3-6,10H,8H2,1-2H3,(H,15,16,17). The number of nitrogens with one attached hydrogen (secondary N) is 1. The van der Waals surface area contributed by atoms with Gasteiger partial charge >= 0.3 is 0 Å². The summed E-state index contributed by atoms with van der Waals surface area (Å²) in [6.45, 7) is 4.57. The molecule has 6 nitrogen and oxygen atoms in total. The molecule has 6 heteroatoms. The molecule has 1 atom stereocenters. The van der Waals surface area contributed by atoms with Crippen LogP contribution in [0.4, 0.5) is 5.95 Å². The van der Waals surface area contributed by atoms with Gasteiger partial charge in [-0.1, -0.05) is 0 Å². The van der Waals surface area contributed by atoms with Crippen LogP contribution in [0.3, 0.4) is 0 Å². The van der Waals surface area contributed by atoms with E-state index in [1.165, 1.54) is 0 Å². The second kappa shape index (κ2) is 5.27. The molecular weight excluding hydrogens is 228 g/mol. The molecule has 0 bridgehead atoms. The van der Waals surface area contributed by atoms with Crippen molar-refractivity contribution >= 4 is 5.95 Å². The summed E-state index contributed by atoms with van der Waals surface area (Å²) in [4.78, 5) is 8.36. The fraction of sp³-hybridized carbons (Fsp3) is 0.333. The summed E-state index contributed by atoms with van der Waals surface area (Å²) < 4.78 is 1.83. The summed E-state index contributed by atoms with van der Waals surface area (Å²) in [5.74, 6) is 0.478. The second-order valence-electron chi connectivity index (χ2n) is 4.10. The molecule has 0 radical (unpaired) electrons. The maximum atomic E-state index is 8.85. The molecule has 0 saturated carbocycles. The Bertz CT molecular complexity index is 554. The van der Waals surface area contributed by atoms with Crippen LogP contribution in [-0.4, -0.2) is 25.8 Å². The molecular formula is C12H14N6. The van der Waals surface area contributed by atoms with Crippen LogP contribution < -0.4 is 5.32 Å². The zero-order chi connectivity index (χ0) is 13.0. The first-order chi connectivity index (χ1) is 8.67. The Balaban J connectivity index is 2.05. The molecule has 1 N–H and O–H groups in total. The number of hydrogen-bond acceptors (Lipinski definition) is 5. The summed E-state index contributed by atoms with van der Waals surface area (Å²) in [6, 6.07) is 5.68. The van der Waals surface area contributed by atoms with Gasteiger partial charge in [-0.3, -0.25) is 4.68 Å². The molecule has 0 aliphatic carbocycles. The first-order valence-corrected chi connectivity index (χ1v) is 5.67. The van der Waals surface area contributed by atoms with Crippen molar-refractivity contribution < 1.29 is 0 Å². The second-order valence-corrected chi connectivity index (χ2v) is 4.10. The van der Waals surface area contributed by atoms with Gasteiger partial charge < -0.3 is 5.32 Å². The Hall–Kier alpha value is -2.42. The lowest BCUT2D eigenvalue weighted by Gasteiger charge is -2.14. The summed E-state index contributed by atoms with van der Waals surface area (Å²) in [5.41, 5.74) is 1.15. The molecule has 0 spiro atoms. The van der Waals surface area contributed by atoms with Crippen molar-refractivity contribution in [3.63, 3.8) is 0 Å². The van der Waals surface area contributed by atoms with Crippen LogP contribution in [-0.2, 0) is 6.54 Å². The summed E-state index contributed by atoms with van der Waals surface area (Å²) >= 11 is 0. The molecule has 1 unspecified atom stereocenters. The Morgan fingerprint density at radius 1 is 1.50 bits per heavy atom. The lowest BCUT2D eigenvalue weighted by atomic mass is 10.3. The minimum absolute atomic E-state index is 0.123. The quantitative estimate of drug-likeness (QED) is 0.875. The third-order valence-corrected chi connectivity index (χ3v) is 2.36. The molecule has 18 heavy (non-hydrogen) atoms. The highest BCUT2D eigenvalue weighted by atomic mass is 15.3. The smallest absolute Gasteiger partial charge is 0.224 e. The molecule has 0 amide bonds. The third-order valence-electron chi connectivity index (χ3n) is 2.36. The van der Waals surface area contributed by atoms with Crippen molar-refractivity contribution in [3.05, 3.63) is 35.9 Å². The van der Waals surface area contributed by atoms with E-state index in [-0.39, 0.29) is 6.04 Å². The Kier molecular flexibility index (Phi) is 3.53. The van der Waals surface area contributed by atoms with Crippen molar-refractivity contribution in [1.29, 1.82) is 5.26 Å². The number of rotatable bonds is 4. The molecule has 0 saturated heterocycles. The highest BCUT2D eigenvalue weighted by Crippen LogP contribution is 2.06. The van der Waals surface area contributed by atoms with Gasteiger partial charge in [-0.25, -0.2) is 9.97 Å². The van der Waals surface area contributed by atoms with Crippen molar-refractivity contribution in [1.82, 2.24) is 19.7 Å². The molecule has 0 aliphatic heterocycles. The number of nitriles is 1. The van der Waals surface area contributed by atoms with Crippen molar-refractivity contribution in [3.8, 4) is 6.07 Å². The molecule has 2 heterocycles. The minimum Gasteiger partial charge on any atom is -0.350 e. The van der Waals surface area contributed by atoms with Crippen LogP contribution in [0.25, 0.3) is 0 Å². The summed E-state index contributed by atoms with van der Waals surface area (Å²) in [6.07, 6.45) is 3.64. The lowest BCUT2D eigenvalue weighted by Crippen LogP contribution is -2.23. The number of nitrogens with zero attached hydrogens (tertiary/aromatic N) is 5. The predicted octanol–water partition coefficient (Wildman–Crippen LogP) is 1.35. The molecule has 92 valence electrons. The summed E-state index contributed by atoms with van der Waals surface area (Å²) in [7, 11) is 0. The fourth-order valence-corrected chi connectivity index (χ4v) is 1.65. The zero-order valence-corrected chi connectivity index (χ0v) is 10.3. The van der Waals surface area contributed by atoms with Gasteiger partial charge in [0.05, 0.1) is 6.54 Å². The molecule has 2 rings (SSSR count). The van der Waals surface area contributed by atoms with Crippen LogP contribution in [0, 0.1) is 18.3 Å². The lowest BCUT2D eigenvalue weighted by molar-refractivity contribution is 0.558. The largest absolute Gasteiger partial charge is 0.350 e. The van der Waals surface area contributed by atoms with Crippen LogP contribution in [0.1, 0.15) is 18.3 Å². The van der Waals surface area contributed by atoms with E-state index in [4.69, 9.17) is 5.26 Å². The van der Waals surface area contributed by atoms with E-state index >= 15 is 0 Å². The molecule has 0 aromatic carbocycles. The predicted molar refractivity (Wildman–Crippen MR) is 66.8 cm³/mol. The van der Waals surface area contributed by atoms with E-state index < -0.39 is 0 Å². The number of aryl methyl sites for hydroxylation is 1. The normalized spacial score (nSPS) is 11.8. The Morgan fingerprint density at radius 3 is 3.00 bits per heavy atom. The third kappa shape index (κ3) is 3.04. The molecule has 2 aromatic heterocycles. The number of hydrogen-bond donors (Lipinski definition) is 1. The SMILES string of the molecule is Cc1cc(C#N)nc(NC(C)Cn2cccn2)n1. The molecule has 0 fully saturated rings. The van der Waals surface area contributed by atoms with Gasteiger partial charge in [0.2, 0.25) is 5.95 Å². The topological polar surface area (TPSA) is 79.4 Å². The fourth-order valence-electron chi connectivity index (χ4n) is 1.65. The van der Waals surface area contributed by atoms with Gasteiger partial charge in [-0.15, -0.1) is 0 Å². The van der Waals surface area contributed by atoms with Crippen LogP contribution in [0.15, 0.2) is 24.5 Å². The Labute approximate surface area is 105 Å². The maximum Gasteiger partial charge on any atom is 0.224 e. The van der Waals surface area contributed by atoms with Gasteiger partial charge in [-0.2, -0.15) is 10.4 Å².